The molecule has 1 amide bonds. The topological polar surface area (TPSA) is 38.3 Å². The van der Waals surface area contributed by atoms with Gasteiger partial charge in [-0.2, -0.15) is 8.78 Å². The summed E-state index contributed by atoms with van der Waals surface area (Å²) in [6.45, 7) is 3.07. The number of carbonyl (C=O) groups is 1. The average Bonchev–Trinajstić information content (AvgIpc) is 2.28. The Morgan fingerprint density at radius 3 is 2.17 bits per heavy atom. The minimum Gasteiger partial charge on any atom is -0.435 e. The molecule has 1 N–H and O–H groups in total. The van der Waals surface area contributed by atoms with Crippen LogP contribution in [0.4, 0.5) is 8.78 Å². The van der Waals surface area contributed by atoms with Crippen LogP contribution in [0, 0.1) is 5.92 Å². The van der Waals surface area contributed by atoms with Crippen LogP contribution in [0.2, 0.25) is 0 Å². The van der Waals surface area contributed by atoms with Crippen LogP contribution in [0.1, 0.15) is 31.1 Å². The van der Waals surface area contributed by atoms with E-state index in [1.165, 1.54) is 24.3 Å². The van der Waals surface area contributed by atoms with E-state index in [1.807, 2.05) is 20.8 Å². The van der Waals surface area contributed by atoms with E-state index in [0.717, 1.165) is 0 Å². The summed E-state index contributed by atoms with van der Waals surface area (Å²) in [6.07, 6.45) is 0. The number of amides is 1. The first-order valence-electron chi connectivity index (χ1n) is 5.76. The minimum atomic E-state index is -2.86. The smallest absolute Gasteiger partial charge is 0.387 e. The summed E-state index contributed by atoms with van der Waals surface area (Å²) in [5.74, 6) is 0.147. The Morgan fingerprint density at radius 1 is 1.17 bits per heavy atom. The van der Waals surface area contributed by atoms with Crippen LogP contribution < -0.4 is 10.1 Å². The highest BCUT2D eigenvalue weighted by Gasteiger charge is 2.12. The molecule has 0 radical (unpaired) electrons. The first-order chi connectivity index (χ1) is 8.40. The molecule has 1 rings (SSSR count). The number of hydrogen-bond donors (Lipinski definition) is 1. The molecule has 0 spiro atoms. The van der Waals surface area contributed by atoms with Gasteiger partial charge >= 0.3 is 6.61 Å². The van der Waals surface area contributed by atoms with Gasteiger partial charge in [0, 0.05) is 11.6 Å². The predicted molar refractivity (Wildman–Crippen MR) is 64.8 cm³/mol. The summed E-state index contributed by atoms with van der Waals surface area (Å²) < 4.78 is 28.1. The Hall–Kier alpha value is -1.65. The Bertz CT molecular complexity index is 390. The number of rotatable bonds is 5. The van der Waals surface area contributed by atoms with Crippen LogP contribution in [0.3, 0.4) is 0 Å². The van der Waals surface area contributed by atoms with Crippen molar-refractivity contribution in [3.05, 3.63) is 29.8 Å². The van der Waals surface area contributed by atoms with Gasteiger partial charge in [-0.3, -0.25) is 4.79 Å². The zero-order valence-corrected chi connectivity index (χ0v) is 10.6. The number of nitrogens with one attached hydrogen (secondary N) is 1. The van der Waals surface area contributed by atoms with Crippen LogP contribution >= 0.6 is 0 Å². The third kappa shape index (κ3) is 4.31. The van der Waals surface area contributed by atoms with Crippen molar-refractivity contribution in [1.82, 2.24) is 5.32 Å². The van der Waals surface area contributed by atoms with E-state index in [1.54, 1.807) is 0 Å². The van der Waals surface area contributed by atoms with Gasteiger partial charge in [-0.25, -0.2) is 0 Å². The van der Waals surface area contributed by atoms with Gasteiger partial charge in [0.1, 0.15) is 5.75 Å². The number of hydrogen-bond acceptors (Lipinski definition) is 2. The molecule has 1 atom stereocenters. The molecule has 0 aliphatic heterocycles. The monoisotopic (exact) mass is 257 g/mol. The van der Waals surface area contributed by atoms with Crippen molar-refractivity contribution in [3.8, 4) is 5.75 Å². The van der Waals surface area contributed by atoms with Gasteiger partial charge in [0.25, 0.3) is 5.91 Å². The van der Waals surface area contributed by atoms with Crippen molar-refractivity contribution in [1.29, 1.82) is 0 Å². The summed E-state index contributed by atoms with van der Waals surface area (Å²) >= 11 is 0. The summed E-state index contributed by atoms with van der Waals surface area (Å²) in [5.41, 5.74) is 0.420. The van der Waals surface area contributed by atoms with Gasteiger partial charge in [0.15, 0.2) is 0 Å². The van der Waals surface area contributed by atoms with Crippen LogP contribution in [0.5, 0.6) is 5.75 Å². The molecule has 0 saturated carbocycles. The molecular weight excluding hydrogens is 240 g/mol. The highest BCUT2D eigenvalue weighted by molar-refractivity contribution is 5.94. The normalized spacial score (nSPS) is 12.6. The Morgan fingerprint density at radius 2 is 1.72 bits per heavy atom. The van der Waals surface area contributed by atoms with Crippen molar-refractivity contribution in [3.63, 3.8) is 0 Å². The lowest BCUT2D eigenvalue weighted by molar-refractivity contribution is -0.0498. The molecular formula is C13H17F2NO2. The first kappa shape index (κ1) is 14.4. The number of halogens is 2. The molecule has 0 heterocycles. The van der Waals surface area contributed by atoms with Crippen molar-refractivity contribution in [2.75, 3.05) is 0 Å². The minimum absolute atomic E-state index is 0.0402. The zero-order valence-electron chi connectivity index (χ0n) is 10.6. The van der Waals surface area contributed by atoms with Crippen LogP contribution in [0.25, 0.3) is 0 Å². The van der Waals surface area contributed by atoms with Gasteiger partial charge in [-0.05, 0) is 37.1 Å². The summed E-state index contributed by atoms with van der Waals surface area (Å²) in [7, 11) is 0. The van der Waals surface area contributed by atoms with E-state index < -0.39 is 6.61 Å². The van der Waals surface area contributed by atoms with E-state index in [2.05, 4.69) is 10.1 Å². The maximum atomic E-state index is 11.9. The standard InChI is InChI=1S/C13H17F2NO2/c1-8(2)9(3)16-12(17)10-4-6-11(7-5-10)18-13(14)15/h4-9,13H,1-3H3,(H,16,17). The second-order valence-electron chi connectivity index (χ2n) is 4.41. The maximum absolute atomic E-state index is 11.9. The number of ether oxygens (including phenoxy) is 1. The highest BCUT2D eigenvalue weighted by Crippen LogP contribution is 2.15. The van der Waals surface area contributed by atoms with Gasteiger partial charge in [-0.15, -0.1) is 0 Å². The molecule has 1 aromatic carbocycles. The highest BCUT2D eigenvalue weighted by atomic mass is 19.3. The Kier molecular flexibility index (Phi) is 5.07. The van der Waals surface area contributed by atoms with Gasteiger partial charge in [0.2, 0.25) is 0 Å². The molecule has 18 heavy (non-hydrogen) atoms. The third-order valence-electron chi connectivity index (χ3n) is 2.70. The fraction of sp³-hybridized carbons (Fsp3) is 0.462. The zero-order chi connectivity index (χ0) is 13.7. The van der Waals surface area contributed by atoms with E-state index >= 15 is 0 Å². The molecule has 0 aliphatic carbocycles. The Balaban J connectivity index is 2.64. The largest absolute Gasteiger partial charge is 0.435 e. The van der Waals surface area contributed by atoms with Gasteiger partial charge < -0.3 is 10.1 Å². The summed E-state index contributed by atoms with van der Waals surface area (Å²) in [5, 5.41) is 2.83. The lowest BCUT2D eigenvalue weighted by Crippen LogP contribution is -2.36. The molecule has 0 fully saturated rings. The molecule has 100 valence electrons. The van der Waals surface area contributed by atoms with Crippen LogP contribution in [0.15, 0.2) is 24.3 Å². The SMILES string of the molecule is CC(C)C(C)NC(=O)c1ccc(OC(F)F)cc1. The molecule has 0 bridgehead atoms. The lowest BCUT2D eigenvalue weighted by Gasteiger charge is -2.17. The number of carbonyl (C=O) groups excluding carboxylic acids is 1. The third-order valence-corrected chi connectivity index (χ3v) is 2.70. The van der Waals surface area contributed by atoms with Crippen molar-refractivity contribution < 1.29 is 18.3 Å². The van der Waals surface area contributed by atoms with E-state index in [0.29, 0.717) is 11.5 Å². The molecule has 1 unspecified atom stereocenters. The molecule has 3 nitrogen and oxygen atoms in total. The fourth-order valence-electron chi connectivity index (χ4n) is 1.24. The quantitative estimate of drug-likeness (QED) is 0.880. The first-order valence-corrected chi connectivity index (χ1v) is 5.76. The second kappa shape index (κ2) is 6.33. The van der Waals surface area contributed by atoms with Crippen LogP contribution in [-0.4, -0.2) is 18.6 Å². The number of alkyl halides is 2. The van der Waals surface area contributed by atoms with Crippen molar-refractivity contribution in [2.24, 2.45) is 5.92 Å². The van der Waals surface area contributed by atoms with Crippen molar-refractivity contribution >= 4 is 5.91 Å². The second-order valence-corrected chi connectivity index (χ2v) is 4.41. The Labute approximate surface area is 105 Å². The van der Waals surface area contributed by atoms with Crippen molar-refractivity contribution in [2.45, 2.75) is 33.4 Å². The van der Waals surface area contributed by atoms with E-state index in [4.69, 9.17) is 0 Å². The van der Waals surface area contributed by atoms with Crippen LogP contribution in [-0.2, 0) is 0 Å². The molecule has 0 aromatic heterocycles. The molecule has 0 aliphatic rings. The lowest BCUT2D eigenvalue weighted by atomic mass is 10.1. The molecule has 5 heteroatoms. The number of benzene rings is 1. The van der Waals surface area contributed by atoms with E-state index in [9.17, 15) is 13.6 Å². The fourth-order valence-corrected chi connectivity index (χ4v) is 1.24. The predicted octanol–water partition coefficient (Wildman–Crippen LogP) is 3.06. The van der Waals surface area contributed by atoms with Gasteiger partial charge in [0.05, 0.1) is 0 Å². The summed E-state index contributed by atoms with van der Waals surface area (Å²) in [6, 6.07) is 5.66. The van der Waals surface area contributed by atoms with E-state index in [-0.39, 0.29) is 17.7 Å². The average molecular weight is 257 g/mol. The van der Waals surface area contributed by atoms with Gasteiger partial charge in [-0.1, -0.05) is 13.8 Å². The maximum Gasteiger partial charge on any atom is 0.387 e. The molecule has 0 saturated heterocycles. The molecule has 1 aromatic rings. The summed E-state index contributed by atoms with van der Waals surface area (Å²) in [4.78, 5) is 11.8.